The van der Waals surface area contributed by atoms with E-state index < -0.39 is 0 Å². The first kappa shape index (κ1) is 12.5. The number of aromatic nitrogens is 1. The third-order valence-corrected chi connectivity index (χ3v) is 4.30. The molecular formula is C17H22N2. The molecule has 1 fully saturated rings. The van der Waals surface area contributed by atoms with E-state index in [1.165, 1.54) is 48.6 Å². The highest BCUT2D eigenvalue weighted by Gasteiger charge is 2.16. The van der Waals surface area contributed by atoms with Crippen molar-refractivity contribution in [3.63, 3.8) is 0 Å². The van der Waals surface area contributed by atoms with Gasteiger partial charge in [0.15, 0.2) is 0 Å². The van der Waals surface area contributed by atoms with Crippen LogP contribution in [0.25, 0.3) is 10.8 Å². The van der Waals surface area contributed by atoms with E-state index in [0.29, 0.717) is 6.04 Å². The van der Waals surface area contributed by atoms with E-state index in [0.717, 1.165) is 5.92 Å². The zero-order valence-electron chi connectivity index (χ0n) is 11.6. The smallest absolute Gasteiger partial charge is 0.0423 e. The molecule has 3 rings (SSSR count). The van der Waals surface area contributed by atoms with Gasteiger partial charge in [-0.15, -0.1) is 0 Å². The summed E-state index contributed by atoms with van der Waals surface area (Å²) in [4.78, 5) is 4.20. The number of anilines is 1. The molecule has 1 aromatic carbocycles. The number of nitrogens with one attached hydrogen (secondary N) is 1. The zero-order valence-corrected chi connectivity index (χ0v) is 11.6. The monoisotopic (exact) mass is 254 g/mol. The molecule has 0 bridgehead atoms. The van der Waals surface area contributed by atoms with Gasteiger partial charge in [0.2, 0.25) is 0 Å². The van der Waals surface area contributed by atoms with Crippen LogP contribution in [0.2, 0.25) is 0 Å². The normalized spacial score (nSPS) is 24.1. The van der Waals surface area contributed by atoms with Gasteiger partial charge in [0.25, 0.3) is 0 Å². The highest BCUT2D eigenvalue weighted by atomic mass is 14.9. The van der Waals surface area contributed by atoms with E-state index in [1.807, 2.05) is 12.4 Å². The van der Waals surface area contributed by atoms with Crippen molar-refractivity contribution < 1.29 is 0 Å². The molecule has 1 aliphatic rings. The molecule has 1 aromatic heterocycles. The summed E-state index contributed by atoms with van der Waals surface area (Å²) in [5.41, 5.74) is 1.26. The second kappa shape index (κ2) is 5.60. The lowest BCUT2D eigenvalue weighted by Gasteiger charge is -2.19. The number of fused-ring (bicyclic) bond motifs is 1. The van der Waals surface area contributed by atoms with Crippen molar-refractivity contribution in [3.05, 3.63) is 36.7 Å². The minimum absolute atomic E-state index is 0.628. The zero-order chi connectivity index (χ0) is 13.1. The lowest BCUT2D eigenvalue weighted by molar-refractivity contribution is 0.502. The highest BCUT2D eigenvalue weighted by molar-refractivity contribution is 5.93. The molecule has 0 amide bonds. The van der Waals surface area contributed by atoms with Crippen LogP contribution in [0.4, 0.5) is 5.69 Å². The summed E-state index contributed by atoms with van der Waals surface area (Å²) in [5, 5.41) is 6.26. The van der Waals surface area contributed by atoms with Gasteiger partial charge < -0.3 is 5.32 Å². The number of benzene rings is 1. The summed E-state index contributed by atoms with van der Waals surface area (Å²) in [5.74, 6) is 0.892. The van der Waals surface area contributed by atoms with E-state index in [9.17, 15) is 0 Å². The first-order valence-electron chi connectivity index (χ1n) is 7.42. The number of pyridine rings is 1. The van der Waals surface area contributed by atoms with Crippen LogP contribution in [0.5, 0.6) is 0 Å². The Bertz CT molecular complexity index is 544. The lowest BCUT2D eigenvalue weighted by atomic mass is 10.0. The minimum atomic E-state index is 0.628. The summed E-state index contributed by atoms with van der Waals surface area (Å²) in [6.07, 6.45) is 10.5. The Morgan fingerprint density at radius 3 is 3.00 bits per heavy atom. The second-order valence-electron chi connectivity index (χ2n) is 5.86. The molecular weight excluding hydrogens is 232 g/mol. The van der Waals surface area contributed by atoms with Gasteiger partial charge in [-0.3, -0.25) is 4.98 Å². The number of hydrogen-bond donors (Lipinski definition) is 1. The average molecular weight is 254 g/mol. The molecule has 2 atom stereocenters. The Hall–Kier alpha value is -1.57. The van der Waals surface area contributed by atoms with E-state index in [4.69, 9.17) is 0 Å². The quantitative estimate of drug-likeness (QED) is 0.791. The van der Waals surface area contributed by atoms with Crippen LogP contribution >= 0.6 is 0 Å². The predicted molar refractivity (Wildman–Crippen MR) is 81.4 cm³/mol. The maximum absolute atomic E-state index is 4.20. The van der Waals surface area contributed by atoms with Crippen LogP contribution in [0, 0.1) is 5.92 Å². The molecule has 2 unspecified atom stereocenters. The van der Waals surface area contributed by atoms with Gasteiger partial charge in [0, 0.05) is 34.9 Å². The van der Waals surface area contributed by atoms with Gasteiger partial charge in [-0.25, -0.2) is 0 Å². The molecule has 2 heteroatoms. The lowest BCUT2D eigenvalue weighted by Crippen LogP contribution is -2.18. The molecule has 0 radical (unpaired) electrons. The van der Waals surface area contributed by atoms with Crippen LogP contribution in [-0.2, 0) is 0 Å². The topological polar surface area (TPSA) is 24.9 Å². The molecule has 1 saturated carbocycles. The predicted octanol–water partition coefficient (Wildman–Crippen LogP) is 4.62. The molecule has 2 nitrogen and oxygen atoms in total. The first-order valence-corrected chi connectivity index (χ1v) is 7.42. The standard InChI is InChI=1S/C17H22N2/c1-13-4-2-6-15(9-8-13)19-17-7-3-5-14-12-18-11-10-16(14)17/h3,5,7,10-13,15,19H,2,4,6,8-9H2,1H3. The fourth-order valence-corrected chi connectivity index (χ4v) is 3.10. The van der Waals surface area contributed by atoms with Gasteiger partial charge in [0.1, 0.15) is 0 Å². The SMILES string of the molecule is CC1CCCC(Nc2cccc3cnccc23)CC1. The third kappa shape index (κ3) is 2.89. The van der Waals surface area contributed by atoms with E-state index in [-0.39, 0.29) is 0 Å². The molecule has 19 heavy (non-hydrogen) atoms. The highest BCUT2D eigenvalue weighted by Crippen LogP contribution is 2.28. The molecule has 1 N–H and O–H groups in total. The molecule has 1 aliphatic carbocycles. The van der Waals surface area contributed by atoms with Crippen molar-refractivity contribution in [1.29, 1.82) is 0 Å². The van der Waals surface area contributed by atoms with Gasteiger partial charge in [-0.1, -0.05) is 31.9 Å². The van der Waals surface area contributed by atoms with Crippen molar-refractivity contribution in [3.8, 4) is 0 Å². The Morgan fingerprint density at radius 2 is 2.05 bits per heavy atom. The van der Waals surface area contributed by atoms with Gasteiger partial charge in [-0.2, -0.15) is 0 Å². The Kier molecular flexibility index (Phi) is 3.67. The van der Waals surface area contributed by atoms with Crippen LogP contribution < -0.4 is 5.32 Å². The Labute approximate surface area is 115 Å². The minimum Gasteiger partial charge on any atom is -0.382 e. The van der Waals surface area contributed by atoms with Crippen LogP contribution in [0.15, 0.2) is 36.7 Å². The fourth-order valence-electron chi connectivity index (χ4n) is 3.10. The van der Waals surface area contributed by atoms with Gasteiger partial charge >= 0.3 is 0 Å². The van der Waals surface area contributed by atoms with E-state index in [2.05, 4.69) is 41.5 Å². The fraction of sp³-hybridized carbons (Fsp3) is 0.471. The second-order valence-corrected chi connectivity index (χ2v) is 5.86. The van der Waals surface area contributed by atoms with Crippen LogP contribution in [-0.4, -0.2) is 11.0 Å². The first-order chi connectivity index (χ1) is 9.33. The van der Waals surface area contributed by atoms with Crippen molar-refractivity contribution >= 4 is 16.5 Å². The van der Waals surface area contributed by atoms with E-state index in [1.54, 1.807) is 0 Å². The maximum atomic E-state index is 4.20. The average Bonchev–Trinajstić information content (AvgIpc) is 2.64. The third-order valence-electron chi connectivity index (χ3n) is 4.30. The molecule has 2 aromatic rings. The maximum Gasteiger partial charge on any atom is 0.0423 e. The summed E-state index contributed by atoms with van der Waals surface area (Å²) in [6, 6.07) is 9.17. The molecule has 0 saturated heterocycles. The molecule has 1 heterocycles. The van der Waals surface area contributed by atoms with Gasteiger partial charge in [0.05, 0.1) is 0 Å². The Morgan fingerprint density at radius 1 is 1.11 bits per heavy atom. The molecule has 0 spiro atoms. The van der Waals surface area contributed by atoms with Crippen molar-refractivity contribution in [2.45, 2.75) is 45.1 Å². The van der Waals surface area contributed by atoms with Crippen molar-refractivity contribution in [1.82, 2.24) is 4.98 Å². The van der Waals surface area contributed by atoms with Crippen molar-refractivity contribution in [2.24, 2.45) is 5.92 Å². The summed E-state index contributed by atoms with van der Waals surface area (Å²) in [6.45, 7) is 2.38. The number of hydrogen-bond acceptors (Lipinski definition) is 2. The summed E-state index contributed by atoms with van der Waals surface area (Å²) in [7, 11) is 0. The van der Waals surface area contributed by atoms with Crippen LogP contribution in [0.3, 0.4) is 0 Å². The number of nitrogens with zero attached hydrogens (tertiary/aromatic N) is 1. The number of rotatable bonds is 2. The summed E-state index contributed by atoms with van der Waals surface area (Å²) >= 11 is 0. The van der Waals surface area contributed by atoms with Gasteiger partial charge in [-0.05, 0) is 37.3 Å². The Balaban J connectivity index is 1.81. The summed E-state index contributed by atoms with van der Waals surface area (Å²) < 4.78 is 0. The van der Waals surface area contributed by atoms with Crippen molar-refractivity contribution in [2.75, 3.05) is 5.32 Å². The van der Waals surface area contributed by atoms with E-state index >= 15 is 0 Å². The molecule has 0 aliphatic heterocycles. The van der Waals surface area contributed by atoms with Crippen LogP contribution in [0.1, 0.15) is 39.0 Å². The largest absolute Gasteiger partial charge is 0.382 e. The molecule has 100 valence electrons.